The highest BCUT2D eigenvalue weighted by atomic mass is 16.7. The minimum atomic E-state index is -1.64. The summed E-state index contributed by atoms with van der Waals surface area (Å²) in [5.41, 5.74) is 0. The Kier molecular flexibility index (Phi) is 58.9. The van der Waals surface area contributed by atoms with Crippen molar-refractivity contribution in [3.05, 3.63) is 109 Å². The summed E-state index contributed by atoms with van der Waals surface area (Å²) in [5, 5.41) is 11.8. The fourth-order valence-corrected chi connectivity index (χ4v) is 8.97. The number of quaternary nitrogens is 1. The first-order chi connectivity index (χ1) is 39.6. The lowest BCUT2D eigenvalue weighted by molar-refractivity contribution is -0.870. The quantitative estimate of drug-likeness (QED) is 0.0195. The van der Waals surface area contributed by atoms with Crippen LogP contribution in [0, 0.1) is 0 Å². The molecule has 0 bridgehead atoms. The maximum absolute atomic E-state index is 12.9. The van der Waals surface area contributed by atoms with Gasteiger partial charge >= 0.3 is 11.9 Å². The van der Waals surface area contributed by atoms with Crippen molar-refractivity contribution in [1.29, 1.82) is 0 Å². The number of allylic oxidation sites excluding steroid dienone is 18. The van der Waals surface area contributed by atoms with E-state index in [1.54, 1.807) is 0 Å². The molecule has 0 N–H and O–H groups in total. The lowest BCUT2D eigenvalue weighted by atomic mass is 10.0. The van der Waals surface area contributed by atoms with Crippen LogP contribution in [0.15, 0.2) is 109 Å². The smallest absolute Gasteiger partial charge is 0.306 e. The molecule has 0 aliphatic heterocycles. The summed E-state index contributed by atoms with van der Waals surface area (Å²) >= 11 is 0. The summed E-state index contributed by atoms with van der Waals surface area (Å²) in [6.07, 6.45) is 83.2. The first-order valence-corrected chi connectivity index (χ1v) is 33.0. The van der Waals surface area contributed by atoms with Gasteiger partial charge in [0.2, 0.25) is 0 Å². The van der Waals surface area contributed by atoms with Gasteiger partial charge in [-0.3, -0.25) is 9.59 Å². The van der Waals surface area contributed by atoms with E-state index in [0.717, 1.165) is 70.6 Å². The summed E-state index contributed by atoms with van der Waals surface area (Å²) in [4.78, 5) is 37.4. The number of rotatable bonds is 60. The number of nitrogens with zero attached hydrogens (tertiary/aromatic N) is 1. The van der Waals surface area contributed by atoms with Crippen LogP contribution in [-0.4, -0.2) is 82.3 Å². The number of likely N-dealkylation sites (N-methyl/N-ethyl adjacent to an activating group) is 1. The monoisotopic (exact) mass is 1130 g/mol. The van der Waals surface area contributed by atoms with Crippen molar-refractivity contribution >= 4 is 17.9 Å². The summed E-state index contributed by atoms with van der Waals surface area (Å²) < 4.78 is 22.7. The third-order valence-corrected chi connectivity index (χ3v) is 14.0. The summed E-state index contributed by atoms with van der Waals surface area (Å²) in [5.74, 6) is -2.36. The SMILES string of the molecule is CC/C=C\C/C=C\C/C=C\C/C=C\C/C=C\C/C=C\C/C=C\CCCC(=O)OC(COC(=O)CCCCCCCCCCCCCCCCCCCCCCC/C=C\C/C=C\CCCCCCC)COC(OCC[N+](C)(C)C)C(=O)[O-]. The molecule has 0 radical (unpaired) electrons. The second-order valence-electron chi connectivity index (χ2n) is 23.0. The molecule has 0 aromatic heterocycles. The first-order valence-electron chi connectivity index (χ1n) is 33.0. The molecule has 0 aromatic carbocycles. The third-order valence-electron chi connectivity index (χ3n) is 14.0. The number of carboxylic acid groups (broad SMARTS) is 1. The Bertz CT molecular complexity index is 1700. The van der Waals surface area contributed by atoms with Crippen molar-refractivity contribution in [2.45, 2.75) is 283 Å². The molecule has 9 heteroatoms. The summed E-state index contributed by atoms with van der Waals surface area (Å²) in [6.45, 7) is 4.57. The topological polar surface area (TPSA) is 111 Å². The van der Waals surface area contributed by atoms with Crippen molar-refractivity contribution in [3.8, 4) is 0 Å². The highest BCUT2D eigenvalue weighted by molar-refractivity contribution is 5.70. The van der Waals surface area contributed by atoms with Crippen LogP contribution in [0.5, 0.6) is 0 Å². The normalized spacial score (nSPS) is 13.4. The van der Waals surface area contributed by atoms with E-state index in [1.807, 2.05) is 21.1 Å². The van der Waals surface area contributed by atoms with E-state index in [2.05, 4.69) is 123 Å². The minimum Gasteiger partial charge on any atom is -0.545 e. The van der Waals surface area contributed by atoms with Crippen LogP contribution in [-0.2, 0) is 33.3 Å². The lowest BCUT2D eigenvalue weighted by Gasteiger charge is -2.26. The van der Waals surface area contributed by atoms with Crippen LogP contribution in [0.2, 0.25) is 0 Å². The van der Waals surface area contributed by atoms with E-state index < -0.39 is 24.3 Å². The molecule has 0 saturated carbocycles. The Balaban J connectivity index is 4.18. The molecule has 0 aliphatic carbocycles. The number of esters is 2. The van der Waals surface area contributed by atoms with E-state index in [1.165, 1.54) is 161 Å². The number of hydrogen-bond acceptors (Lipinski definition) is 8. The average molecular weight is 1130 g/mol. The van der Waals surface area contributed by atoms with Gasteiger partial charge in [-0.25, -0.2) is 0 Å². The van der Waals surface area contributed by atoms with Crippen molar-refractivity contribution in [2.75, 3.05) is 47.5 Å². The van der Waals surface area contributed by atoms with E-state index in [-0.39, 0.29) is 38.6 Å². The van der Waals surface area contributed by atoms with Gasteiger partial charge < -0.3 is 33.3 Å². The highest BCUT2D eigenvalue weighted by Crippen LogP contribution is 2.17. The van der Waals surface area contributed by atoms with Gasteiger partial charge in [0.25, 0.3) is 0 Å². The number of carbonyl (C=O) groups is 3. The molecule has 81 heavy (non-hydrogen) atoms. The van der Waals surface area contributed by atoms with Gasteiger partial charge in [-0.1, -0.05) is 271 Å². The number of carboxylic acids is 1. The Morgan fingerprint density at radius 1 is 0.383 bits per heavy atom. The Morgan fingerprint density at radius 2 is 0.716 bits per heavy atom. The van der Waals surface area contributed by atoms with Gasteiger partial charge in [-0.2, -0.15) is 0 Å². The number of hydrogen-bond donors (Lipinski definition) is 0. The minimum absolute atomic E-state index is 0.132. The molecule has 2 unspecified atom stereocenters. The second kappa shape index (κ2) is 62.0. The number of carbonyl (C=O) groups excluding carboxylic acids is 3. The van der Waals surface area contributed by atoms with Crippen LogP contribution in [0.1, 0.15) is 271 Å². The van der Waals surface area contributed by atoms with E-state index in [0.29, 0.717) is 23.9 Å². The average Bonchev–Trinajstić information content (AvgIpc) is 3.44. The fourth-order valence-electron chi connectivity index (χ4n) is 8.97. The molecule has 464 valence electrons. The Morgan fingerprint density at radius 3 is 1.09 bits per heavy atom. The van der Waals surface area contributed by atoms with E-state index in [4.69, 9.17) is 18.9 Å². The van der Waals surface area contributed by atoms with Crippen LogP contribution in [0.25, 0.3) is 0 Å². The van der Waals surface area contributed by atoms with Crippen LogP contribution in [0.4, 0.5) is 0 Å². The molecule has 0 aliphatic rings. The number of aliphatic carboxylic acids is 1. The molecule has 0 amide bonds. The lowest BCUT2D eigenvalue weighted by Crippen LogP contribution is -2.44. The van der Waals surface area contributed by atoms with Gasteiger partial charge in [0, 0.05) is 12.8 Å². The van der Waals surface area contributed by atoms with Crippen molar-refractivity contribution in [2.24, 2.45) is 0 Å². The number of ether oxygens (including phenoxy) is 4. The molecular formula is C72H123NO8. The fraction of sp³-hybridized carbons (Fsp3) is 0.708. The first kappa shape index (κ1) is 77.0. The molecule has 0 rings (SSSR count). The Labute approximate surface area is 498 Å². The van der Waals surface area contributed by atoms with Gasteiger partial charge in [-0.05, 0) is 96.3 Å². The molecule has 9 nitrogen and oxygen atoms in total. The molecule has 0 fully saturated rings. The zero-order valence-electron chi connectivity index (χ0n) is 52.9. The van der Waals surface area contributed by atoms with Gasteiger partial charge in [0.05, 0.1) is 40.3 Å². The van der Waals surface area contributed by atoms with Crippen molar-refractivity contribution < 1.29 is 42.9 Å². The maximum Gasteiger partial charge on any atom is 0.306 e. The maximum atomic E-state index is 12.9. The van der Waals surface area contributed by atoms with Crippen LogP contribution < -0.4 is 5.11 Å². The van der Waals surface area contributed by atoms with Gasteiger partial charge in [0.1, 0.15) is 13.2 Å². The standard InChI is InChI=1S/C72H123NO8/c1-6-8-10-12-14-16-18-20-22-24-26-28-30-31-32-33-34-35-36-37-38-39-41-42-44-46-48-50-52-54-56-58-60-62-69(74)79-66-68(67-80-72(71(76)77)78-65-64-73(3,4)5)81-70(75)63-61-59-57-55-53-51-49-47-45-43-40-29-27-25-23-21-19-17-15-13-11-9-7-2/h9,11,15,17-18,20-21,23-24,26-27,29,43,45,49,51,55,57,68,72H,6-8,10,12-14,16,19,22,25,28,30-42,44,46-48,50,52-54,56,58-67H2,1-5H3/b11-9-,17-15-,20-18-,23-21-,26-24-,29-27-,45-43-,51-49-,57-55-. The third kappa shape index (κ3) is 63.4. The molecule has 2 atom stereocenters. The highest BCUT2D eigenvalue weighted by Gasteiger charge is 2.22. The van der Waals surface area contributed by atoms with Gasteiger partial charge in [-0.15, -0.1) is 0 Å². The predicted molar refractivity (Wildman–Crippen MR) is 343 cm³/mol. The van der Waals surface area contributed by atoms with Gasteiger partial charge in [0.15, 0.2) is 12.4 Å². The molecule has 0 saturated heterocycles. The summed E-state index contributed by atoms with van der Waals surface area (Å²) in [7, 11) is 5.90. The molecule has 0 aromatic rings. The molecular weight excluding hydrogens is 1010 g/mol. The summed E-state index contributed by atoms with van der Waals surface area (Å²) in [6, 6.07) is 0. The zero-order chi connectivity index (χ0) is 59.1. The predicted octanol–water partition coefficient (Wildman–Crippen LogP) is 18.9. The second-order valence-corrected chi connectivity index (χ2v) is 23.0. The largest absolute Gasteiger partial charge is 0.545 e. The number of unbranched alkanes of at least 4 members (excludes halogenated alkanes) is 27. The van der Waals surface area contributed by atoms with E-state index >= 15 is 0 Å². The molecule has 0 heterocycles. The zero-order valence-corrected chi connectivity index (χ0v) is 52.9. The van der Waals surface area contributed by atoms with Crippen LogP contribution in [0.3, 0.4) is 0 Å². The van der Waals surface area contributed by atoms with Crippen molar-refractivity contribution in [3.63, 3.8) is 0 Å². The molecule has 0 spiro atoms. The van der Waals surface area contributed by atoms with Crippen LogP contribution >= 0.6 is 0 Å². The Hall–Kier alpha value is -4.05. The van der Waals surface area contributed by atoms with E-state index in [9.17, 15) is 19.5 Å². The van der Waals surface area contributed by atoms with Crippen molar-refractivity contribution in [1.82, 2.24) is 0 Å².